The minimum atomic E-state index is -3.05. The minimum Gasteiger partial charge on any atom is -0.504 e. The number of imide groups is 1. The molecule has 0 aromatic heterocycles. The van der Waals surface area contributed by atoms with Crippen LogP contribution in [0.5, 0.6) is 11.5 Å². The fourth-order valence-electron chi connectivity index (χ4n) is 10.3. The number of halogens is 1. The monoisotopic (exact) mass is 968 g/mol. The first kappa shape index (κ1) is 45.9. The molecule has 0 radical (unpaired) electrons. The molecule has 4 atom stereocenters. The molecule has 1 aliphatic carbocycles. The zero-order valence-electron chi connectivity index (χ0n) is 36.6. The highest BCUT2D eigenvalue weighted by Gasteiger charge is 2.57. The van der Waals surface area contributed by atoms with Crippen LogP contribution in [0, 0.1) is 21.3 Å². The number of ether oxygens (including phenoxy) is 1. The molecule has 7 rings (SSSR count). The number of piperidine rings is 1. The van der Waals surface area contributed by atoms with Gasteiger partial charge in [0.05, 0.1) is 41.8 Å². The number of aromatic hydroxyl groups is 1. The maximum absolute atomic E-state index is 14.7. The van der Waals surface area contributed by atoms with Crippen LogP contribution in [-0.4, -0.2) is 90.8 Å². The number of phenolic OH excluding ortho intramolecular Hbond substituents is 1. The SMILES string of the molecule is COc1cc(/C=C(\C)CC[C@@H](O)C2=C(CO[Si](c3ccccc3)(c3ccccc3)C(C)(C)C)C[C@H]3C(=O)N(C4CCN(Cc5ccccc5)CC4)C(=O)[C@H]3[C@H]2CO)cc(I)c1O. The van der Waals surface area contributed by atoms with Gasteiger partial charge in [-0.2, -0.15) is 0 Å². The molecule has 0 spiro atoms. The molecule has 11 heteroatoms. The quantitative estimate of drug-likeness (QED) is 0.0481. The lowest BCUT2D eigenvalue weighted by Gasteiger charge is -2.44. The number of hydrogen-bond acceptors (Lipinski definition) is 8. The summed E-state index contributed by atoms with van der Waals surface area (Å²) < 4.78 is 13.5. The number of phenols is 1. The van der Waals surface area contributed by atoms with Gasteiger partial charge >= 0.3 is 0 Å². The number of aliphatic hydroxyl groups is 2. The molecule has 4 aromatic carbocycles. The van der Waals surface area contributed by atoms with Crippen LogP contribution in [-0.2, 0) is 20.6 Å². The van der Waals surface area contributed by atoms with Crippen molar-refractivity contribution in [3.8, 4) is 11.5 Å². The fraction of sp³-hybridized carbons (Fsp3) is 0.412. The summed E-state index contributed by atoms with van der Waals surface area (Å²) in [5.41, 5.74) is 4.53. The summed E-state index contributed by atoms with van der Waals surface area (Å²) >= 11 is 2.08. The molecule has 0 unspecified atom stereocenters. The Morgan fingerprint density at radius 2 is 1.52 bits per heavy atom. The van der Waals surface area contributed by atoms with Crippen molar-refractivity contribution in [2.45, 2.75) is 83.5 Å². The van der Waals surface area contributed by atoms with E-state index >= 15 is 0 Å². The first-order valence-electron chi connectivity index (χ1n) is 21.9. The van der Waals surface area contributed by atoms with Crippen LogP contribution >= 0.6 is 22.6 Å². The molecule has 0 bridgehead atoms. The van der Waals surface area contributed by atoms with Crippen molar-refractivity contribution in [1.29, 1.82) is 0 Å². The van der Waals surface area contributed by atoms with E-state index in [1.54, 1.807) is 6.07 Å². The lowest BCUT2D eigenvalue weighted by Crippen LogP contribution is -2.66. The molecule has 3 aliphatic rings. The van der Waals surface area contributed by atoms with Gasteiger partial charge in [-0.05, 0) is 111 Å². The molecule has 2 fully saturated rings. The standard InChI is InChI=1S/C51H61IN2O7Si/c1-34(27-36-28-43(52)48(57)45(29-36)60-5)21-22-44(56)46-37(33-61-62(51(2,3)4,39-17-11-7-12-18-39)40-19-13-8-14-20-40)30-41-47(42(46)32-55)50(59)54(49(41)58)38-23-25-53(26-24-38)31-35-15-9-6-10-16-35/h6-20,27-29,38,41-42,44,47,55-57H,21-26,30-33H2,1-5H3/b34-27+/t41-,42+,44-,47-/m1/s1. The molecule has 62 heavy (non-hydrogen) atoms. The molecule has 0 saturated carbocycles. The Kier molecular flexibility index (Phi) is 14.6. The van der Waals surface area contributed by atoms with Crippen molar-refractivity contribution in [1.82, 2.24) is 9.80 Å². The van der Waals surface area contributed by atoms with E-state index < -0.39 is 32.2 Å². The fourth-order valence-corrected chi connectivity index (χ4v) is 15.5. The van der Waals surface area contributed by atoms with Crippen LogP contribution in [0.1, 0.15) is 70.9 Å². The van der Waals surface area contributed by atoms with Gasteiger partial charge in [0.2, 0.25) is 11.8 Å². The summed E-state index contributed by atoms with van der Waals surface area (Å²) in [6, 6.07) is 34.6. The zero-order chi connectivity index (χ0) is 44.2. The van der Waals surface area contributed by atoms with Gasteiger partial charge in [0.1, 0.15) is 0 Å². The van der Waals surface area contributed by atoms with Gasteiger partial charge in [0.25, 0.3) is 8.32 Å². The van der Waals surface area contributed by atoms with Gasteiger partial charge in [-0.15, -0.1) is 0 Å². The molecule has 2 heterocycles. The van der Waals surface area contributed by atoms with Crippen molar-refractivity contribution in [2.24, 2.45) is 17.8 Å². The number of carbonyl (C=O) groups is 2. The number of aliphatic hydroxyl groups excluding tert-OH is 2. The lowest BCUT2D eigenvalue weighted by molar-refractivity contribution is -0.144. The van der Waals surface area contributed by atoms with Gasteiger partial charge in [-0.1, -0.05) is 123 Å². The van der Waals surface area contributed by atoms with Crippen LogP contribution in [0.15, 0.2) is 120 Å². The highest BCUT2D eigenvalue weighted by Crippen LogP contribution is 2.48. The van der Waals surface area contributed by atoms with E-state index in [0.29, 0.717) is 40.6 Å². The molecular formula is C51H61IN2O7Si. The third-order valence-electron chi connectivity index (χ3n) is 13.3. The molecule has 9 nitrogen and oxygen atoms in total. The number of benzene rings is 4. The van der Waals surface area contributed by atoms with Crippen molar-refractivity contribution in [3.05, 3.63) is 135 Å². The van der Waals surface area contributed by atoms with Gasteiger partial charge < -0.3 is 24.5 Å². The van der Waals surface area contributed by atoms with Gasteiger partial charge in [-0.3, -0.25) is 19.4 Å². The topological polar surface area (TPSA) is 120 Å². The molecule has 2 aliphatic heterocycles. The summed E-state index contributed by atoms with van der Waals surface area (Å²) in [4.78, 5) is 33.2. The van der Waals surface area contributed by atoms with Gasteiger partial charge in [0, 0.05) is 31.6 Å². The van der Waals surface area contributed by atoms with Crippen LogP contribution in [0.25, 0.3) is 6.08 Å². The Morgan fingerprint density at radius 1 is 0.919 bits per heavy atom. The number of nitrogens with zero attached hydrogens (tertiary/aromatic N) is 2. The van der Waals surface area contributed by atoms with Gasteiger partial charge in [-0.25, -0.2) is 0 Å². The average Bonchev–Trinajstić information content (AvgIpc) is 3.52. The van der Waals surface area contributed by atoms with Crippen LogP contribution in [0.2, 0.25) is 5.04 Å². The third kappa shape index (κ3) is 9.39. The number of hydrogen-bond donors (Lipinski definition) is 3. The van der Waals surface area contributed by atoms with Crippen molar-refractivity contribution in [3.63, 3.8) is 0 Å². The summed E-state index contributed by atoms with van der Waals surface area (Å²) in [5.74, 6) is -2.08. The van der Waals surface area contributed by atoms with Crippen molar-refractivity contribution < 1.29 is 34.1 Å². The van der Waals surface area contributed by atoms with E-state index in [4.69, 9.17) is 9.16 Å². The Bertz CT molecular complexity index is 2210. The van der Waals surface area contributed by atoms with E-state index in [-0.39, 0.29) is 48.3 Å². The summed E-state index contributed by atoms with van der Waals surface area (Å²) in [5, 5.41) is 36.0. The van der Waals surface area contributed by atoms with Crippen LogP contribution in [0.4, 0.5) is 0 Å². The Balaban J connectivity index is 1.21. The molecule has 2 saturated heterocycles. The summed E-state index contributed by atoms with van der Waals surface area (Å²) in [6.45, 7) is 10.8. The second kappa shape index (κ2) is 19.7. The molecule has 328 valence electrons. The predicted molar refractivity (Wildman–Crippen MR) is 256 cm³/mol. The molecule has 3 N–H and O–H groups in total. The van der Waals surface area contributed by atoms with Gasteiger partial charge in [0.15, 0.2) is 11.5 Å². The lowest BCUT2D eigenvalue weighted by atomic mass is 9.68. The highest BCUT2D eigenvalue weighted by molar-refractivity contribution is 14.1. The molecule has 4 aromatic rings. The molecular weight excluding hydrogens is 908 g/mol. The second-order valence-electron chi connectivity index (χ2n) is 18.3. The molecule has 2 amide bonds. The largest absolute Gasteiger partial charge is 0.504 e. The first-order chi connectivity index (χ1) is 29.8. The predicted octanol–water partition coefficient (Wildman–Crippen LogP) is 7.70. The van der Waals surface area contributed by atoms with E-state index in [1.165, 1.54) is 17.6 Å². The van der Waals surface area contributed by atoms with Crippen LogP contribution < -0.4 is 15.1 Å². The maximum Gasteiger partial charge on any atom is 0.261 e. The Hall–Kier alpha value is -4.11. The number of rotatable bonds is 15. The smallest absolute Gasteiger partial charge is 0.261 e. The average molecular weight is 969 g/mol. The van der Waals surface area contributed by atoms with E-state index in [0.717, 1.165) is 46.7 Å². The summed E-state index contributed by atoms with van der Waals surface area (Å²) in [7, 11) is -1.53. The normalized spacial score (nSPS) is 21.1. The number of allylic oxidation sites excluding steroid dienone is 1. The minimum absolute atomic E-state index is 0.0933. The van der Waals surface area contributed by atoms with Crippen LogP contribution in [0.3, 0.4) is 0 Å². The highest BCUT2D eigenvalue weighted by atomic mass is 127. The number of fused-ring (bicyclic) bond motifs is 1. The maximum atomic E-state index is 14.7. The Morgan fingerprint density at radius 3 is 2.08 bits per heavy atom. The van der Waals surface area contributed by atoms with Crippen molar-refractivity contribution >= 4 is 59.2 Å². The summed E-state index contributed by atoms with van der Waals surface area (Å²) in [6.07, 6.45) is 3.55. The van der Waals surface area contributed by atoms with E-state index in [1.807, 2.05) is 73.7 Å². The number of methoxy groups -OCH3 is 1. The zero-order valence-corrected chi connectivity index (χ0v) is 39.8. The second-order valence-corrected chi connectivity index (χ2v) is 23.7. The van der Waals surface area contributed by atoms with E-state index in [9.17, 15) is 24.9 Å². The number of likely N-dealkylation sites (tertiary alicyclic amines) is 2. The van der Waals surface area contributed by atoms with Crippen molar-refractivity contribution in [2.75, 3.05) is 33.4 Å². The van der Waals surface area contributed by atoms with E-state index in [2.05, 4.69) is 84.7 Å². The third-order valence-corrected chi connectivity index (χ3v) is 19.1. The number of carbonyl (C=O) groups excluding carboxylic acids is 2. The first-order valence-corrected chi connectivity index (χ1v) is 24.9. The number of amides is 2. The Labute approximate surface area is 381 Å².